The van der Waals surface area contributed by atoms with E-state index in [0.29, 0.717) is 21.4 Å². The first kappa shape index (κ1) is 24.6. The summed E-state index contributed by atoms with van der Waals surface area (Å²) in [5.41, 5.74) is 1.55. The predicted molar refractivity (Wildman–Crippen MR) is 127 cm³/mol. The van der Waals surface area contributed by atoms with Gasteiger partial charge in [-0.2, -0.15) is 0 Å². The molecule has 0 fully saturated rings. The Balaban J connectivity index is 1.70. The maximum atomic E-state index is 13.3. The normalized spacial score (nSPS) is 11.5. The molecule has 3 rings (SSSR count). The number of ether oxygens (including phenoxy) is 1. The van der Waals surface area contributed by atoms with Crippen LogP contribution in [0, 0.1) is 5.82 Å². The molecule has 0 spiro atoms. The zero-order valence-corrected chi connectivity index (χ0v) is 19.4. The molecule has 0 saturated heterocycles. The van der Waals surface area contributed by atoms with Crippen LogP contribution in [0.5, 0.6) is 5.75 Å². The second kappa shape index (κ2) is 11.7. The average Bonchev–Trinajstić information content (AvgIpc) is 2.82. The first-order chi connectivity index (χ1) is 15.8. The van der Waals surface area contributed by atoms with E-state index in [4.69, 9.17) is 27.9 Å². The van der Waals surface area contributed by atoms with E-state index in [0.717, 1.165) is 5.56 Å². The standard InChI is InChI=1S/C25H23Cl2FN2O3/c1-17(25(32)29-14-18-6-10-20(26)11-7-18)30(15-19-8-12-21(28)13-9-19)24(31)16-33-23-5-3-2-4-22(23)27/h2-13,17H,14-16H2,1H3,(H,29,32)/t17-/m1/s1. The molecular weight excluding hydrogens is 466 g/mol. The van der Waals surface area contributed by atoms with Gasteiger partial charge >= 0.3 is 0 Å². The summed E-state index contributed by atoms with van der Waals surface area (Å²) in [6.07, 6.45) is 0. The molecule has 172 valence electrons. The third-order valence-corrected chi connectivity index (χ3v) is 5.57. The smallest absolute Gasteiger partial charge is 0.261 e. The fourth-order valence-electron chi connectivity index (χ4n) is 3.09. The summed E-state index contributed by atoms with van der Waals surface area (Å²) in [6, 6.07) is 18.9. The number of hydrogen-bond donors (Lipinski definition) is 1. The highest BCUT2D eigenvalue weighted by Gasteiger charge is 2.26. The van der Waals surface area contributed by atoms with Crippen LogP contribution in [0.2, 0.25) is 10.0 Å². The van der Waals surface area contributed by atoms with E-state index in [9.17, 15) is 14.0 Å². The van der Waals surface area contributed by atoms with Gasteiger partial charge in [0.2, 0.25) is 5.91 Å². The predicted octanol–water partition coefficient (Wildman–Crippen LogP) is 5.25. The van der Waals surface area contributed by atoms with E-state index >= 15 is 0 Å². The Labute approximate surface area is 202 Å². The number of nitrogens with one attached hydrogen (secondary N) is 1. The van der Waals surface area contributed by atoms with Gasteiger partial charge in [0.05, 0.1) is 5.02 Å². The largest absolute Gasteiger partial charge is 0.482 e. The van der Waals surface area contributed by atoms with Crippen LogP contribution in [0.15, 0.2) is 72.8 Å². The van der Waals surface area contributed by atoms with Gasteiger partial charge in [-0.15, -0.1) is 0 Å². The van der Waals surface area contributed by atoms with Crippen LogP contribution in [0.4, 0.5) is 4.39 Å². The second-order valence-corrected chi connectivity index (χ2v) is 8.23. The molecule has 0 aliphatic heterocycles. The van der Waals surface area contributed by atoms with Crippen molar-refractivity contribution in [1.82, 2.24) is 10.2 Å². The molecule has 0 aliphatic carbocycles. The summed E-state index contributed by atoms with van der Waals surface area (Å²) in [6.45, 7) is 1.73. The molecule has 1 N–H and O–H groups in total. The molecule has 0 radical (unpaired) electrons. The van der Waals surface area contributed by atoms with Crippen molar-refractivity contribution in [2.24, 2.45) is 0 Å². The van der Waals surface area contributed by atoms with Gasteiger partial charge in [0.25, 0.3) is 5.91 Å². The number of carbonyl (C=O) groups is 2. The quantitative estimate of drug-likeness (QED) is 0.447. The highest BCUT2D eigenvalue weighted by atomic mass is 35.5. The Kier molecular flexibility index (Phi) is 8.69. The summed E-state index contributed by atoms with van der Waals surface area (Å²) in [5, 5.41) is 3.82. The maximum absolute atomic E-state index is 13.3. The van der Waals surface area contributed by atoms with Gasteiger partial charge in [0.15, 0.2) is 6.61 Å². The lowest BCUT2D eigenvalue weighted by molar-refractivity contribution is -0.142. The van der Waals surface area contributed by atoms with Gasteiger partial charge in [-0.25, -0.2) is 4.39 Å². The number of amides is 2. The highest BCUT2D eigenvalue weighted by molar-refractivity contribution is 6.32. The first-order valence-corrected chi connectivity index (χ1v) is 11.0. The monoisotopic (exact) mass is 488 g/mol. The van der Waals surface area contributed by atoms with Crippen molar-refractivity contribution < 1.29 is 18.7 Å². The molecule has 0 saturated carbocycles. The van der Waals surface area contributed by atoms with Crippen LogP contribution in [-0.4, -0.2) is 29.4 Å². The summed E-state index contributed by atoms with van der Waals surface area (Å²) < 4.78 is 18.9. The molecule has 0 bridgehead atoms. The van der Waals surface area contributed by atoms with E-state index < -0.39 is 11.9 Å². The number of halogens is 3. The van der Waals surface area contributed by atoms with E-state index in [1.165, 1.54) is 17.0 Å². The van der Waals surface area contributed by atoms with E-state index in [-0.39, 0.29) is 31.4 Å². The lowest BCUT2D eigenvalue weighted by Gasteiger charge is -2.29. The van der Waals surface area contributed by atoms with Crippen LogP contribution in [0.3, 0.4) is 0 Å². The SMILES string of the molecule is C[C@H](C(=O)NCc1ccc(Cl)cc1)N(Cc1ccc(F)cc1)C(=O)COc1ccccc1Cl. The van der Waals surface area contributed by atoms with Gasteiger partial charge in [0.1, 0.15) is 17.6 Å². The summed E-state index contributed by atoms with van der Waals surface area (Å²) in [5.74, 6) is -0.756. The van der Waals surface area contributed by atoms with Crippen molar-refractivity contribution in [2.45, 2.75) is 26.1 Å². The zero-order valence-electron chi connectivity index (χ0n) is 17.9. The average molecular weight is 489 g/mol. The van der Waals surface area contributed by atoms with Crippen LogP contribution in [0.25, 0.3) is 0 Å². The van der Waals surface area contributed by atoms with Gasteiger partial charge in [-0.1, -0.05) is 59.6 Å². The maximum Gasteiger partial charge on any atom is 0.261 e. The Hall–Kier alpha value is -3.09. The molecule has 5 nitrogen and oxygen atoms in total. The van der Waals surface area contributed by atoms with Crippen LogP contribution in [0.1, 0.15) is 18.1 Å². The fourth-order valence-corrected chi connectivity index (χ4v) is 3.41. The number of benzene rings is 3. The minimum Gasteiger partial charge on any atom is -0.482 e. The molecule has 3 aromatic rings. The Morgan fingerprint density at radius 2 is 1.61 bits per heavy atom. The van der Waals surface area contributed by atoms with Gasteiger partial charge in [0, 0.05) is 18.1 Å². The summed E-state index contributed by atoms with van der Waals surface area (Å²) in [4.78, 5) is 27.3. The van der Waals surface area contributed by atoms with Crippen LogP contribution in [-0.2, 0) is 22.7 Å². The van der Waals surface area contributed by atoms with Crippen LogP contribution >= 0.6 is 23.2 Å². The number of para-hydroxylation sites is 1. The molecule has 0 heterocycles. The molecule has 33 heavy (non-hydrogen) atoms. The molecule has 0 unspecified atom stereocenters. The lowest BCUT2D eigenvalue weighted by Crippen LogP contribution is -2.48. The van der Waals surface area contributed by atoms with Crippen LogP contribution < -0.4 is 10.1 Å². The molecule has 3 aromatic carbocycles. The van der Waals surface area contributed by atoms with Gasteiger partial charge < -0.3 is 15.0 Å². The van der Waals surface area contributed by atoms with Crippen molar-refractivity contribution >= 4 is 35.0 Å². The molecule has 0 aliphatic rings. The molecule has 0 aromatic heterocycles. The number of nitrogens with zero attached hydrogens (tertiary/aromatic N) is 1. The van der Waals surface area contributed by atoms with E-state index in [2.05, 4.69) is 5.32 Å². The topological polar surface area (TPSA) is 58.6 Å². The highest BCUT2D eigenvalue weighted by Crippen LogP contribution is 2.23. The van der Waals surface area contributed by atoms with Crippen molar-refractivity contribution in [2.75, 3.05) is 6.61 Å². The van der Waals surface area contributed by atoms with Gasteiger partial charge in [-0.3, -0.25) is 9.59 Å². The number of hydrogen-bond acceptors (Lipinski definition) is 3. The Morgan fingerprint density at radius 1 is 0.970 bits per heavy atom. The third-order valence-electron chi connectivity index (χ3n) is 5.00. The van der Waals surface area contributed by atoms with Crippen molar-refractivity contribution in [1.29, 1.82) is 0 Å². The van der Waals surface area contributed by atoms with Crippen molar-refractivity contribution in [3.8, 4) is 5.75 Å². The summed E-state index contributed by atoms with van der Waals surface area (Å²) >= 11 is 12.0. The zero-order chi connectivity index (χ0) is 23.8. The molecule has 8 heteroatoms. The summed E-state index contributed by atoms with van der Waals surface area (Å²) in [7, 11) is 0. The van der Waals surface area contributed by atoms with Crippen molar-refractivity contribution in [3.63, 3.8) is 0 Å². The molecular formula is C25H23Cl2FN2O3. The second-order valence-electron chi connectivity index (χ2n) is 7.39. The third kappa shape index (κ3) is 7.20. The van der Waals surface area contributed by atoms with E-state index in [1.54, 1.807) is 55.5 Å². The number of carbonyl (C=O) groups excluding carboxylic acids is 2. The fraction of sp³-hybridized carbons (Fsp3) is 0.200. The first-order valence-electron chi connectivity index (χ1n) is 10.3. The Morgan fingerprint density at radius 3 is 2.27 bits per heavy atom. The Bertz CT molecular complexity index is 1090. The minimum absolute atomic E-state index is 0.112. The van der Waals surface area contributed by atoms with E-state index in [1.807, 2.05) is 12.1 Å². The minimum atomic E-state index is -0.801. The molecule has 1 atom stereocenters. The van der Waals surface area contributed by atoms with Gasteiger partial charge in [-0.05, 0) is 54.4 Å². The van der Waals surface area contributed by atoms with Crippen molar-refractivity contribution in [3.05, 3.63) is 99.8 Å². The number of rotatable bonds is 9. The lowest BCUT2D eigenvalue weighted by atomic mass is 10.1. The molecule has 2 amide bonds.